The second-order valence-electron chi connectivity index (χ2n) is 9.03. The second kappa shape index (κ2) is 8.17. The van der Waals surface area contributed by atoms with Crippen LogP contribution in [0.15, 0.2) is 89.0 Å². The van der Waals surface area contributed by atoms with E-state index in [9.17, 15) is 14.7 Å². The van der Waals surface area contributed by atoms with Crippen molar-refractivity contribution in [2.75, 3.05) is 0 Å². The molecule has 0 spiro atoms. The Balaban J connectivity index is 1.55. The molecule has 0 bridgehead atoms. The molecule has 6 heteroatoms. The Bertz CT molecular complexity index is 1500. The number of ether oxygens (including phenoxy) is 1. The van der Waals surface area contributed by atoms with Gasteiger partial charge < -0.3 is 19.2 Å². The van der Waals surface area contributed by atoms with Crippen LogP contribution in [0.25, 0.3) is 16.5 Å². The van der Waals surface area contributed by atoms with Gasteiger partial charge in [0, 0.05) is 12.0 Å². The van der Waals surface area contributed by atoms with Crippen molar-refractivity contribution in [1.29, 1.82) is 0 Å². The van der Waals surface area contributed by atoms with Gasteiger partial charge in [-0.25, -0.2) is 0 Å². The first-order valence-corrected chi connectivity index (χ1v) is 11.6. The number of furan rings is 1. The molecule has 1 amide bonds. The zero-order chi connectivity index (χ0) is 24.1. The number of hydrogen-bond donors (Lipinski definition) is 1. The Labute approximate surface area is 202 Å². The van der Waals surface area contributed by atoms with E-state index < -0.39 is 17.7 Å². The van der Waals surface area contributed by atoms with E-state index in [0.29, 0.717) is 11.3 Å². The van der Waals surface area contributed by atoms with Gasteiger partial charge in [0.2, 0.25) is 0 Å². The van der Waals surface area contributed by atoms with Crippen molar-refractivity contribution in [2.24, 2.45) is 0 Å². The number of carbonyl (C=O) groups is 2. The average Bonchev–Trinajstić information content (AvgIpc) is 3.57. The number of benzene rings is 3. The first-order valence-electron chi connectivity index (χ1n) is 11.6. The molecule has 3 heterocycles. The van der Waals surface area contributed by atoms with Crippen LogP contribution in [0.1, 0.15) is 35.4 Å². The molecular formula is C29H23NO5. The maximum atomic E-state index is 13.4. The first kappa shape index (κ1) is 21.2. The Morgan fingerprint density at radius 3 is 2.69 bits per heavy atom. The summed E-state index contributed by atoms with van der Waals surface area (Å²) in [4.78, 5) is 28.2. The van der Waals surface area contributed by atoms with Gasteiger partial charge in [0.1, 0.15) is 23.4 Å². The van der Waals surface area contributed by atoms with Crippen LogP contribution in [0.3, 0.4) is 0 Å². The van der Waals surface area contributed by atoms with E-state index in [-0.39, 0.29) is 24.0 Å². The van der Waals surface area contributed by atoms with Gasteiger partial charge in [-0.05, 0) is 59.2 Å². The summed E-state index contributed by atoms with van der Waals surface area (Å²) >= 11 is 0. The summed E-state index contributed by atoms with van der Waals surface area (Å²) in [6.07, 6.45) is 2.31. The quantitative estimate of drug-likeness (QED) is 0.249. The zero-order valence-corrected chi connectivity index (χ0v) is 19.1. The summed E-state index contributed by atoms with van der Waals surface area (Å²) in [6, 6.07) is 21.7. The minimum atomic E-state index is -0.769. The van der Waals surface area contributed by atoms with Crippen molar-refractivity contribution in [1.82, 2.24) is 4.90 Å². The summed E-state index contributed by atoms with van der Waals surface area (Å²) < 4.78 is 11.3. The number of nitrogens with zero attached hydrogens (tertiary/aromatic N) is 1. The molecule has 2 aliphatic rings. The van der Waals surface area contributed by atoms with Crippen molar-refractivity contribution in [3.05, 3.63) is 107 Å². The van der Waals surface area contributed by atoms with Crippen molar-refractivity contribution >= 4 is 28.2 Å². The molecule has 1 saturated heterocycles. The highest BCUT2D eigenvalue weighted by Gasteiger charge is 2.47. The highest BCUT2D eigenvalue weighted by molar-refractivity contribution is 6.46. The van der Waals surface area contributed by atoms with E-state index in [4.69, 9.17) is 9.15 Å². The Hall–Kier alpha value is -4.32. The van der Waals surface area contributed by atoms with E-state index in [1.54, 1.807) is 24.3 Å². The lowest BCUT2D eigenvalue weighted by molar-refractivity contribution is -0.140. The maximum absolute atomic E-state index is 13.4. The Kier molecular flexibility index (Phi) is 4.95. The van der Waals surface area contributed by atoms with Crippen LogP contribution < -0.4 is 4.74 Å². The third kappa shape index (κ3) is 3.49. The van der Waals surface area contributed by atoms with Crippen LogP contribution >= 0.6 is 0 Å². The molecule has 35 heavy (non-hydrogen) atoms. The summed E-state index contributed by atoms with van der Waals surface area (Å²) in [5.74, 6) is -0.236. The Morgan fingerprint density at radius 2 is 1.86 bits per heavy atom. The number of amides is 1. The molecule has 174 valence electrons. The van der Waals surface area contributed by atoms with Crippen LogP contribution in [0.5, 0.6) is 5.75 Å². The number of likely N-dealkylation sites (tertiary alicyclic amines) is 1. The predicted molar refractivity (Wildman–Crippen MR) is 131 cm³/mol. The second-order valence-corrected chi connectivity index (χ2v) is 9.03. The van der Waals surface area contributed by atoms with Crippen LogP contribution in [0.2, 0.25) is 0 Å². The average molecular weight is 466 g/mol. The van der Waals surface area contributed by atoms with Crippen molar-refractivity contribution in [2.45, 2.75) is 32.0 Å². The molecule has 2 aliphatic heterocycles. The number of fused-ring (bicyclic) bond motifs is 2. The summed E-state index contributed by atoms with van der Waals surface area (Å²) in [7, 11) is 0. The number of aliphatic hydroxyl groups excluding tert-OH is 1. The fourth-order valence-electron chi connectivity index (χ4n) is 5.15. The molecule has 0 radical (unpaired) electrons. The van der Waals surface area contributed by atoms with E-state index in [0.717, 1.165) is 34.1 Å². The minimum Gasteiger partial charge on any atom is -0.507 e. The van der Waals surface area contributed by atoms with Crippen molar-refractivity contribution < 1.29 is 23.8 Å². The molecule has 6 nitrogen and oxygen atoms in total. The van der Waals surface area contributed by atoms with Gasteiger partial charge in [-0.1, -0.05) is 42.5 Å². The molecule has 3 aromatic carbocycles. The van der Waals surface area contributed by atoms with Gasteiger partial charge in [-0.15, -0.1) is 0 Å². The summed E-state index contributed by atoms with van der Waals surface area (Å²) in [5.41, 5.74) is 2.30. The van der Waals surface area contributed by atoms with E-state index in [1.165, 1.54) is 11.2 Å². The molecule has 0 saturated carbocycles. The molecule has 0 unspecified atom stereocenters. The summed E-state index contributed by atoms with van der Waals surface area (Å²) in [5, 5.41) is 13.4. The van der Waals surface area contributed by atoms with Gasteiger partial charge in [-0.3, -0.25) is 9.59 Å². The molecule has 1 aromatic heterocycles. The van der Waals surface area contributed by atoms with E-state index in [1.807, 2.05) is 55.5 Å². The number of rotatable bonds is 4. The predicted octanol–water partition coefficient (Wildman–Crippen LogP) is 5.38. The van der Waals surface area contributed by atoms with Crippen LogP contribution in [0, 0.1) is 0 Å². The van der Waals surface area contributed by atoms with Crippen molar-refractivity contribution in [3.63, 3.8) is 0 Å². The fraction of sp³-hybridized carbons (Fsp3) is 0.172. The van der Waals surface area contributed by atoms with Crippen LogP contribution in [0.4, 0.5) is 0 Å². The third-order valence-corrected chi connectivity index (χ3v) is 6.73. The number of Topliss-reactive ketones (excluding diaryl/α,β-unsaturated/α-hetero) is 1. The van der Waals surface area contributed by atoms with Gasteiger partial charge in [-0.2, -0.15) is 0 Å². The fourth-order valence-corrected chi connectivity index (χ4v) is 5.15. The van der Waals surface area contributed by atoms with Gasteiger partial charge in [0.05, 0.1) is 24.4 Å². The topological polar surface area (TPSA) is 80.0 Å². The lowest BCUT2D eigenvalue weighted by Crippen LogP contribution is -2.29. The highest BCUT2D eigenvalue weighted by Crippen LogP contribution is 2.43. The standard InChI is InChI=1S/C29H23NO5/c1-17-14-20-15-19(11-12-24(20)35-17)27(31)25-26(23-10-4-7-18-6-2-3-9-22(18)23)30(29(33)28(25)32)16-21-8-5-13-34-21/h2-13,15,17,26,31H,14,16H2,1H3/t17-,26+/m1/s1. The van der Waals surface area contributed by atoms with E-state index in [2.05, 4.69) is 0 Å². The van der Waals surface area contributed by atoms with Crippen LogP contribution in [-0.2, 0) is 22.6 Å². The molecule has 6 rings (SSSR count). The molecule has 2 atom stereocenters. The number of carbonyl (C=O) groups excluding carboxylic acids is 2. The summed E-state index contributed by atoms with van der Waals surface area (Å²) in [6.45, 7) is 2.10. The lowest BCUT2D eigenvalue weighted by atomic mass is 9.91. The molecule has 1 N–H and O–H groups in total. The monoisotopic (exact) mass is 465 g/mol. The Morgan fingerprint density at radius 1 is 1.03 bits per heavy atom. The van der Waals surface area contributed by atoms with Crippen LogP contribution in [-0.4, -0.2) is 27.8 Å². The lowest BCUT2D eigenvalue weighted by Gasteiger charge is -2.25. The maximum Gasteiger partial charge on any atom is 0.296 e. The molecule has 0 aliphatic carbocycles. The number of ketones is 1. The highest BCUT2D eigenvalue weighted by atomic mass is 16.5. The van der Waals surface area contributed by atoms with Gasteiger partial charge in [0.15, 0.2) is 0 Å². The SMILES string of the molecule is C[C@@H]1Cc2cc(C(O)=C3C(=O)C(=O)N(Cc4ccco4)[C@H]3c3cccc4ccccc34)ccc2O1. The number of aliphatic hydroxyl groups is 1. The molecule has 4 aromatic rings. The number of hydrogen-bond acceptors (Lipinski definition) is 5. The van der Waals surface area contributed by atoms with Gasteiger partial charge >= 0.3 is 0 Å². The third-order valence-electron chi connectivity index (χ3n) is 6.73. The first-order chi connectivity index (χ1) is 17.0. The smallest absolute Gasteiger partial charge is 0.296 e. The van der Waals surface area contributed by atoms with Gasteiger partial charge in [0.25, 0.3) is 11.7 Å². The van der Waals surface area contributed by atoms with E-state index >= 15 is 0 Å². The molecule has 1 fully saturated rings. The minimum absolute atomic E-state index is 0.0527. The zero-order valence-electron chi connectivity index (χ0n) is 19.1. The largest absolute Gasteiger partial charge is 0.507 e. The molecular weight excluding hydrogens is 442 g/mol. The van der Waals surface area contributed by atoms with Crippen molar-refractivity contribution in [3.8, 4) is 5.75 Å². The normalized spacial score (nSPS) is 20.9.